The second kappa shape index (κ2) is 4.89. The summed E-state index contributed by atoms with van der Waals surface area (Å²) in [6.45, 7) is 1.29. The summed E-state index contributed by atoms with van der Waals surface area (Å²) in [6.07, 6.45) is 0.626. The van der Waals surface area contributed by atoms with Crippen molar-refractivity contribution in [1.29, 1.82) is 5.26 Å². The Morgan fingerprint density at radius 3 is 2.35 bits per heavy atom. The maximum Gasteiger partial charge on any atom is 0.320 e. The standard InChI is InChI=1S/C15H13NO4/c1-9(18)15(14(19)20-2)12(8-17)13(15)11-5-3-10(7-16)4-6-11/h3-6,8,12-13H,1-2H3/t12-,13-,15-/m1/s1. The number of ketones is 1. The quantitative estimate of drug-likeness (QED) is 0.467. The van der Waals surface area contributed by atoms with Crippen molar-refractivity contribution in [2.45, 2.75) is 12.8 Å². The normalized spacial score (nSPS) is 27.2. The summed E-state index contributed by atoms with van der Waals surface area (Å²) in [5, 5.41) is 8.76. The minimum atomic E-state index is -1.41. The van der Waals surface area contributed by atoms with E-state index >= 15 is 0 Å². The number of carbonyl (C=O) groups is 3. The Labute approximate surface area is 116 Å². The molecule has 0 aromatic heterocycles. The number of rotatable bonds is 4. The Bertz CT molecular complexity index is 614. The van der Waals surface area contributed by atoms with Crippen molar-refractivity contribution in [3.05, 3.63) is 35.4 Å². The van der Waals surface area contributed by atoms with E-state index < -0.39 is 23.2 Å². The zero-order chi connectivity index (χ0) is 14.9. The average molecular weight is 271 g/mol. The number of hydrogen-bond donors (Lipinski definition) is 0. The largest absolute Gasteiger partial charge is 0.468 e. The second-order valence-corrected chi connectivity index (χ2v) is 4.79. The number of nitrogens with zero attached hydrogens (tertiary/aromatic N) is 1. The smallest absolute Gasteiger partial charge is 0.320 e. The van der Waals surface area contributed by atoms with E-state index in [1.54, 1.807) is 24.3 Å². The number of nitriles is 1. The van der Waals surface area contributed by atoms with Gasteiger partial charge in [-0.15, -0.1) is 0 Å². The number of benzene rings is 1. The van der Waals surface area contributed by atoms with Crippen LogP contribution in [0.25, 0.3) is 0 Å². The number of aldehydes is 1. The molecule has 3 atom stereocenters. The van der Waals surface area contributed by atoms with Gasteiger partial charge in [-0.05, 0) is 24.6 Å². The van der Waals surface area contributed by atoms with E-state index in [-0.39, 0.29) is 5.78 Å². The van der Waals surface area contributed by atoms with E-state index in [9.17, 15) is 14.4 Å². The molecular weight excluding hydrogens is 258 g/mol. The third kappa shape index (κ3) is 1.73. The molecule has 5 heteroatoms. The van der Waals surface area contributed by atoms with Crippen LogP contribution in [0.3, 0.4) is 0 Å². The van der Waals surface area contributed by atoms with Crippen LogP contribution in [0.2, 0.25) is 0 Å². The third-order valence-electron chi connectivity index (χ3n) is 3.92. The van der Waals surface area contributed by atoms with E-state index in [1.165, 1.54) is 14.0 Å². The van der Waals surface area contributed by atoms with Crippen molar-refractivity contribution in [1.82, 2.24) is 0 Å². The van der Waals surface area contributed by atoms with Crippen molar-refractivity contribution in [3.8, 4) is 6.07 Å². The molecule has 0 spiro atoms. The Hall–Kier alpha value is -2.48. The second-order valence-electron chi connectivity index (χ2n) is 4.79. The van der Waals surface area contributed by atoms with Gasteiger partial charge in [0.1, 0.15) is 17.5 Å². The van der Waals surface area contributed by atoms with Gasteiger partial charge in [-0.3, -0.25) is 9.59 Å². The summed E-state index contributed by atoms with van der Waals surface area (Å²) in [5.74, 6) is -2.29. The predicted molar refractivity (Wildman–Crippen MR) is 68.6 cm³/mol. The fourth-order valence-electron chi connectivity index (χ4n) is 2.87. The molecule has 0 radical (unpaired) electrons. The minimum Gasteiger partial charge on any atom is -0.468 e. The van der Waals surface area contributed by atoms with Gasteiger partial charge in [0.15, 0.2) is 0 Å². The molecule has 0 N–H and O–H groups in total. The minimum absolute atomic E-state index is 0.379. The van der Waals surface area contributed by atoms with E-state index in [0.29, 0.717) is 17.4 Å². The lowest BCUT2D eigenvalue weighted by molar-refractivity contribution is -0.152. The Morgan fingerprint density at radius 1 is 1.35 bits per heavy atom. The molecule has 5 nitrogen and oxygen atoms in total. The molecule has 1 fully saturated rings. The summed E-state index contributed by atoms with van der Waals surface area (Å²) >= 11 is 0. The lowest BCUT2D eigenvalue weighted by Gasteiger charge is -2.11. The van der Waals surface area contributed by atoms with Gasteiger partial charge < -0.3 is 9.53 Å². The van der Waals surface area contributed by atoms with Gasteiger partial charge in [-0.25, -0.2) is 0 Å². The summed E-state index contributed by atoms with van der Waals surface area (Å²) in [5.41, 5.74) is -0.254. The topological polar surface area (TPSA) is 84.2 Å². The summed E-state index contributed by atoms with van der Waals surface area (Å²) < 4.78 is 4.70. The first kappa shape index (κ1) is 13.9. The molecule has 1 aromatic rings. The number of hydrogen-bond acceptors (Lipinski definition) is 5. The van der Waals surface area contributed by atoms with Crippen molar-refractivity contribution in [2.75, 3.05) is 7.11 Å². The fraction of sp³-hybridized carbons (Fsp3) is 0.333. The Morgan fingerprint density at radius 2 is 1.95 bits per heavy atom. The van der Waals surface area contributed by atoms with E-state index in [1.807, 2.05) is 6.07 Å². The third-order valence-corrected chi connectivity index (χ3v) is 3.92. The fourth-order valence-corrected chi connectivity index (χ4v) is 2.87. The van der Waals surface area contributed by atoms with Crippen LogP contribution in [-0.4, -0.2) is 25.1 Å². The zero-order valence-electron chi connectivity index (χ0n) is 11.1. The molecular formula is C15H13NO4. The summed E-state index contributed by atoms with van der Waals surface area (Å²) in [7, 11) is 1.20. The van der Waals surface area contributed by atoms with Gasteiger partial charge in [0, 0.05) is 11.8 Å². The number of Topliss-reactive ketones (excluding diaryl/α,β-unsaturated/α-hetero) is 1. The molecule has 20 heavy (non-hydrogen) atoms. The first-order valence-electron chi connectivity index (χ1n) is 6.08. The van der Waals surface area contributed by atoms with Gasteiger partial charge in [0.2, 0.25) is 0 Å². The lowest BCUT2D eigenvalue weighted by Crippen LogP contribution is -2.29. The molecule has 0 bridgehead atoms. The maximum atomic E-state index is 12.0. The number of carbonyl (C=O) groups excluding carboxylic acids is 3. The van der Waals surface area contributed by atoms with Crippen molar-refractivity contribution in [3.63, 3.8) is 0 Å². The molecule has 2 rings (SSSR count). The van der Waals surface area contributed by atoms with Crippen LogP contribution in [0.4, 0.5) is 0 Å². The van der Waals surface area contributed by atoms with Gasteiger partial charge in [-0.2, -0.15) is 5.26 Å². The molecule has 1 aliphatic carbocycles. The van der Waals surface area contributed by atoms with Crippen LogP contribution in [-0.2, 0) is 19.1 Å². The van der Waals surface area contributed by atoms with Gasteiger partial charge in [-0.1, -0.05) is 12.1 Å². The van der Waals surface area contributed by atoms with Crippen molar-refractivity contribution >= 4 is 18.0 Å². The van der Waals surface area contributed by atoms with Crippen LogP contribution in [0.15, 0.2) is 24.3 Å². The first-order chi connectivity index (χ1) is 9.53. The molecule has 0 aliphatic heterocycles. The van der Waals surface area contributed by atoms with Crippen LogP contribution in [0.5, 0.6) is 0 Å². The van der Waals surface area contributed by atoms with E-state index in [4.69, 9.17) is 10.00 Å². The van der Waals surface area contributed by atoms with Crippen molar-refractivity contribution in [2.24, 2.45) is 11.3 Å². The molecule has 102 valence electrons. The van der Waals surface area contributed by atoms with E-state index in [2.05, 4.69) is 0 Å². The summed E-state index contributed by atoms with van der Waals surface area (Å²) in [6, 6.07) is 8.50. The predicted octanol–water partition coefficient (Wildman–Crippen LogP) is 1.22. The van der Waals surface area contributed by atoms with Gasteiger partial charge in [0.05, 0.1) is 18.7 Å². The van der Waals surface area contributed by atoms with Crippen LogP contribution >= 0.6 is 0 Å². The van der Waals surface area contributed by atoms with Crippen LogP contribution in [0, 0.1) is 22.7 Å². The zero-order valence-corrected chi connectivity index (χ0v) is 11.1. The lowest BCUT2D eigenvalue weighted by atomic mass is 9.94. The molecule has 1 aromatic carbocycles. The highest BCUT2D eigenvalue weighted by atomic mass is 16.5. The number of methoxy groups -OCH3 is 1. The molecule has 0 saturated heterocycles. The first-order valence-corrected chi connectivity index (χ1v) is 6.08. The highest BCUT2D eigenvalue weighted by Crippen LogP contribution is 2.65. The van der Waals surface area contributed by atoms with E-state index in [0.717, 1.165) is 0 Å². The Balaban J connectivity index is 2.45. The maximum absolute atomic E-state index is 12.0. The molecule has 1 saturated carbocycles. The molecule has 0 amide bonds. The van der Waals surface area contributed by atoms with Crippen LogP contribution in [0.1, 0.15) is 24.0 Å². The monoisotopic (exact) mass is 271 g/mol. The molecule has 1 aliphatic rings. The SMILES string of the molecule is COC(=O)[C@]1(C(C)=O)[C@H](C=O)[C@H]1c1ccc(C#N)cc1. The van der Waals surface area contributed by atoms with Crippen LogP contribution < -0.4 is 0 Å². The molecule has 0 heterocycles. The average Bonchev–Trinajstić information content (AvgIpc) is 3.16. The summed E-state index contributed by atoms with van der Waals surface area (Å²) in [4.78, 5) is 35.1. The van der Waals surface area contributed by atoms with Gasteiger partial charge in [0.25, 0.3) is 0 Å². The molecule has 0 unspecified atom stereocenters. The highest BCUT2D eigenvalue weighted by Gasteiger charge is 2.74. The Kier molecular flexibility index (Phi) is 3.41. The van der Waals surface area contributed by atoms with Crippen molar-refractivity contribution < 1.29 is 19.1 Å². The number of ether oxygens (including phenoxy) is 1. The van der Waals surface area contributed by atoms with Gasteiger partial charge >= 0.3 is 5.97 Å². The highest BCUT2D eigenvalue weighted by molar-refractivity contribution is 6.11. The number of esters is 1.